The number of carbonyl (C=O) groups is 3. The van der Waals surface area contributed by atoms with Gasteiger partial charge in [0.2, 0.25) is 5.91 Å². The Balaban J connectivity index is 1.93. The molecule has 2 aromatic rings. The number of benzene rings is 2. The largest absolute Gasteiger partial charge is 0.483 e. The second kappa shape index (κ2) is 11.2. The Morgan fingerprint density at radius 3 is 2.03 bits per heavy atom. The fourth-order valence-corrected chi connectivity index (χ4v) is 3.24. The van der Waals surface area contributed by atoms with E-state index in [0.29, 0.717) is 23.4 Å². The first-order chi connectivity index (χ1) is 15.8. The van der Waals surface area contributed by atoms with E-state index in [1.165, 1.54) is 5.56 Å². The quantitative estimate of drug-likeness (QED) is 0.507. The van der Waals surface area contributed by atoms with Crippen molar-refractivity contribution in [1.29, 1.82) is 0 Å². The molecule has 0 atom stereocenters. The first kappa shape index (κ1) is 26.9. The lowest BCUT2D eigenvalue weighted by molar-refractivity contribution is -0.123. The molecule has 7 heteroatoms. The van der Waals surface area contributed by atoms with Crippen LogP contribution in [0, 0.1) is 0 Å². The van der Waals surface area contributed by atoms with Crippen molar-refractivity contribution in [3.8, 4) is 5.75 Å². The number of nitrogens with one attached hydrogen (secondary N) is 3. The summed E-state index contributed by atoms with van der Waals surface area (Å²) in [5.74, 6) is -0.376. The Kier molecular flexibility index (Phi) is 8.85. The van der Waals surface area contributed by atoms with Gasteiger partial charge < -0.3 is 10.1 Å². The highest BCUT2D eigenvalue weighted by molar-refractivity contribution is 5.96. The third kappa shape index (κ3) is 7.90. The molecule has 0 aromatic heterocycles. The zero-order valence-electron chi connectivity index (χ0n) is 21.3. The van der Waals surface area contributed by atoms with E-state index in [1.807, 2.05) is 19.1 Å². The zero-order chi connectivity index (χ0) is 25.5. The zero-order valence-corrected chi connectivity index (χ0v) is 21.3. The lowest BCUT2D eigenvalue weighted by Crippen LogP contribution is -2.43. The van der Waals surface area contributed by atoms with Crippen LogP contribution in [-0.4, -0.2) is 24.3 Å². The van der Waals surface area contributed by atoms with Crippen LogP contribution in [0.25, 0.3) is 0 Å². The summed E-state index contributed by atoms with van der Waals surface area (Å²) in [5, 5.41) is 2.76. The topological polar surface area (TPSA) is 96.5 Å². The lowest BCUT2D eigenvalue weighted by Gasteiger charge is -2.27. The van der Waals surface area contributed by atoms with Crippen molar-refractivity contribution in [2.24, 2.45) is 0 Å². The molecule has 0 aliphatic carbocycles. The van der Waals surface area contributed by atoms with E-state index in [9.17, 15) is 14.4 Å². The summed E-state index contributed by atoms with van der Waals surface area (Å²) in [5.41, 5.74) is 7.76. The Labute approximate surface area is 202 Å². The van der Waals surface area contributed by atoms with E-state index in [-0.39, 0.29) is 23.3 Å². The molecule has 2 aromatic carbocycles. The van der Waals surface area contributed by atoms with Crippen LogP contribution in [-0.2, 0) is 20.4 Å². The standard InChI is InChI=1S/C27H37N3O4/c1-8-9-23(31)28-20-13-10-18(11-14-20)25(33)30-29-24(32)17-34-22-15-12-19(26(2,3)4)16-21(22)27(5,6)7/h10-16H,8-9,17H2,1-7H3,(H,28,31)(H,29,32)(H,30,33). The minimum absolute atomic E-state index is 0.000508. The molecular weight excluding hydrogens is 430 g/mol. The van der Waals surface area contributed by atoms with Crippen molar-refractivity contribution >= 4 is 23.4 Å². The van der Waals surface area contributed by atoms with Gasteiger partial charge in [-0.15, -0.1) is 0 Å². The molecule has 0 saturated heterocycles. The van der Waals surface area contributed by atoms with Crippen LogP contribution in [0.4, 0.5) is 5.69 Å². The number of hydrazine groups is 1. The Bertz CT molecular complexity index is 1020. The van der Waals surface area contributed by atoms with E-state index in [4.69, 9.17) is 4.74 Å². The summed E-state index contributed by atoms with van der Waals surface area (Å²) in [6.07, 6.45) is 1.20. The summed E-state index contributed by atoms with van der Waals surface area (Å²) < 4.78 is 5.80. The normalized spacial score (nSPS) is 11.5. The smallest absolute Gasteiger partial charge is 0.276 e. The first-order valence-corrected chi connectivity index (χ1v) is 11.6. The molecule has 0 unspecified atom stereocenters. The van der Waals surface area contributed by atoms with Gasteiger partial charge in [-0.3, -0.25) is 25.2 Å². The van der Waals surface area contributed by atoms with E-state index in [2.05, 4.69) is 63.8 Å². The van der Waals surface area contributed by atoms with Gasteiger partial charge in [0.15, 0.2) is 6.61 Å². The molecule has 184 valence electrons. The fourth-order valence-electron chi connectivity index (χ4n) is 3.24. The molecule has 0 aliphatic heterocycles. The maximum absolute atomic E-state index is 12.3. The van der Waals surface area contributed by atoms with E-state index in [0.717, 1.165) is 12.0 Å². The highest BCUT2D eigenvalue weighted by atomic mass is 16.5. The minimum atomic E-state index is -0.475. The summed E-state index contributed by atoms with van der Waals surface area (Å²) in [4.78, 5) is 36.3. The predicted octanol–water partition coefficient (Wildman–Crippen LogP) is 4.86. The van der Waals surface area contributed by atoms with Crippen LogP contribution in [0.15, 0.2) is 42.5 Å². The molecule has 2 rings (SSSR count). The molecule has 3 N–H and O–H groups in total. The van der Waals surface area contributed by atoms with Crippen LogP contribution < -0.4 is 20.9 Å². The van der Waals surface area contributed by atoms with Crippen molar-refractivity contribution < 1.29 is 19.1 Å². The molecule has 7 nitrogen and oxygen atoms in total. The van der Waals surface area contributed by atoms with Crippen LogP contribution in [0.5, 0.6) is 5.75 Å². The molecule has 0 aliphatic rings. The highest BCUT2D eigenvalue weighted by Crippen LogP contribution is 2.35. The molecule has 0 spiro atoms. The van der Waals surface area contributed by atoms with Crippen LogP contribution >= 0.6 is 0 Å². The van der Waals surface area contributed by atoms with E-state index < -0.39 is 11.8 Å². The van der Waals surface area contributed by atoms with Crippen molar-refractivity contribution in [1.82, 2.24) is 10.9 Å². The Morgan fingerprint density at radius 2 is 1.47 bits per heavy atom. The van der Waals surface area contributed by atoms with Gasteiger partial charge in [-0.2, -0.15) is 0 Å². The minimum Gasteiger partial charge on any atom is -0.483 e. The second-order valence-corrected chi connectivity index (χ2v) is 10.4. The monoisotopic (exact) mass is 467 g/mol. The number of hydrogen-bond donors (Lipinski definition) is 3. The Hall–Kier alpha value is -3.35. The third-order valence-corrected chi connectivity index (χ3v) is 5.24. The van der Waals surface area contributed by atoms with Crippen molar-refractivity contribution in [2.45, 2.75) is 72.1 Å². The van der Waals surface area contributed by atoms with Gasteiger partial charge in [0.1, 0.15) is 5.75 Å². The van der Waals surface area contributed by atoms with Gasteiger partial charge in [0, 0.05) is 17.7 Å². The SMILES string of the molecule is CCCC(=O)Nc1ccc(C(=O)NNC(=O)COc2ccc(C(C)(C)C)cc2C(C)(C)C)cc1. The van der Waals surface area contributed by atoms with Gasteiger partial charge in [-0.05, 0) is 58.7 Å². The van der Waals surface area contributed by atoms with E-state index >= 15 is 0 Å². The number of anilines is 1. The van der Waals surface area contributed by atoms with E-state index in [1.54, 1.807) is 24.3 Å². The van der Waals surface area contributed by atoms with Crippen molar-refractivity contribution in [2.75, 3.05) is 11.9 Å². The highest BCUT2D eigenvalue weighted by Gasteiger charge is 2.23. The first-order valence-electron chi connectivity index (χ1n) is 11.6. The number of carbonyl (C=O) groups excluding carboxylic acids is 3. The molecule has 0 heterocycles. The molecular formula is C27H37N3O4. The average molecular weight is 468 g/mol. The summed E-state index contributed by atoms with van der Waals surface area (Å²) in [6, 6.07) is 12.5. The molecule has 0 radical (unpaired) electrons. The third-order valence-electron chi connectivity index (χ3n) is 5.24. The molecule has 0 fully saturated rings. The number of ether oxygens (including phenoxy) is 1. The summed E-state index contributed by atoms with van der Waals surface area (Å²) in [6.45, 7) is 14.5. The van der Waals surface area contributed by atoms with Gasteiger partial charge in [0.05, 0.1) is 0 Å². The number of rotatable bonds is 7. The molecule has 34 heavy (non-hydrogen) atoms. The Morgan fingerprint density at radius 1 is 0.824 bits per heavy atom. The van der Waals surface area contributed by atoms with Gasteiger partial charge >= 0.3 is 0 Å². The van der Waals surface area contributed by atoms with Gasteiger partial charge in [-0.1, -0.05) is 60.6 Å². The van der Waals surface area contributed by atoms with Gasteiger partial charge in [-0.25, -0.2) is 0 Å². The molecule has 3 amide bonds. The number of amides is 3. The maximum atomic E-state index is 12.3. The van der Waals surface area contributed by atoms with Crippen LogP contribution in [0.1, 0.15) is 82.8 Å². The lowest BCUT2D eigenvalue weighted by atomic mass is 9.80. The number of hydrogen-bond acceptors (Lipinski definition) is 4. The molecule has 0 bridgehead atoms. The van der Waals surface area contributed by atoms with Gasteiger partial charge in [0.25, 0.3) is 11.8 Å². The van der Waals surface area contributed by atoms with Crippen LogP contribution in [0.3, 0.4) is 0 Å². The van der Waals surface area contributed by atoms with Crippen molar-refractivity contribution in [3.05, 3.63) is 59.2 Å². The maximum Gasteiger partial charge on any atom is 0.276 e. The summed E-state index contributed by atoms with van der Waals surface area (Å²) >= 11 is 0. The van der Waals surface area contributed by atoms with Crippen molar-refractivity contribution in [3.63, 3.8) is 0 Å². The average Bonchev–Trinajstić information content (AvgIpc) is 2.75. The second-order valence-electron chi connectivity index (χ2n) is 10.4. The fraction of sp³-hybridized carbons (Fsp3) is 0.444. The predicted molar refractivity (Wildman–Crippen MR) is 135 cm³/mol. The van der Waals surface area contributed by atoms with Crippen LogP contribution in [0.2, 0.25) is 0 Å². The molecule has 0 saturated carbocycles. The summed E-state index contributed by atoms with van der Waals surface area (Å²) in [7, 11) is 0.